The van der Waals surface area contributed by atoms with Crippen molar-refractivity contribution in [3.63, 3.8) is 0 Å². The summed E-state index contributed by atoms with van der Waals surface area (Å²) in [6.45, 7) is 7.08. The molecule has 0 aliphatic carbocycles. The molecule has 1 aromatic carbocycles. The van der Waals surface area contributed by atoms with E-state index in [2.05, 4.69) is 32.9 Å². The van der Waals surface area contributed by atoms with Gasteiger partial charge in [-0.1, -0.05) is 51.1 Å². The number of aryl methyl sites for hydroxylation is 1. The van der Waals surface area contributed by atoms with Crippen LogP contribution in [0, 0.1) is 5.41 Å². The van der Waals surface area contributed by atoms with Crippen molar-refractivity contribution in [3.8, 4) is 0 Å². The smallest absolute Gasteiger partial charge is 0.239 e. The van der Waals surface area contributed by atoms with Gasteiger partial charge in [-0.3, -0.25) is 4.79 Å². The van der Waals surface area contributed by atoms with Gasteiger partial charge in [-0.15, -0.1) is 0 Å². The third-order valence-electron chi connectivity index (χ3n) is 2.99. The molecule has 0 spiro atoms. The van der Waals surface area contributed by atoms with Gasteiger partial charge in [0.05, 0.1) is 6.04 Å². The second-order valence-corrected chi connectivity index (χ2v) is 6.39. The molecule has 1 atom stereocenters. The van der Waals surface area contributed by atoms with Gasteiger partial charge in [0.1, 0.15) is 0 Å². The van der Waals surface area contributed by atoms with E-state index in [-0.39, 0.29) is 11.3 Å². The van der Waals surface area contributed by atoms with Crippen LogP contribution in [0.2, 0.25) is 0 Å². The maximum Gasteiger partial charge on any atom is 0.239 e. The van der Waals surface area contributed by atoms with Crippen LogP contribution < -0.4 is 5.73 Å². The molecule has 0 fully saturated rings. The maximum absolute atomic E-state index is 12.1. The lowest BCUT2D eigenvalue weighted by atomic mass is 9.95. The highest BCUT2D eigenvalue weighted by Crippen LogP contribution is 2.15. The maximum atomic E-state index is 12.1. The molecule has 1 aromatic rings. The first-order chi connectivity index (χ1) is 8.79. The van der Waals surface area contributed by atoms with Crippen LogP contribution in [0.4, 0.5) is 0 Å². The Morgan fingerprint density at radius 2 is 1.84 bits per heavy atom. The fourth-order valence-corrected chi connectivity index (χ4v) is 2.16. The van der Waals surface area contributed by atoms with Crippen LogP contribution >= 0.6 is 0 Å². The van der Waals surface area contributed by atoms with Gasteiger partial charge in [0.15, 0.2) is 0 Å². The van der Waals surface area contributed by atoms with E-state index in [0.29, 0.717) is 6.42 Å². The van der Waals surface area contributed by atoms with Gasteiger partial charge >= 0.3 is 0 Å². The molecule has 0 saturated heterocycles. The van der Waals surface area contributed by atoms with Gasteiger partial charge in [-0.2, -0.15) is 0 Å². The minimum absolute atomic E-state index is 0.0332. The van der Waals surface area contributed by atoms with Gasteiger partial charge < -0.3 is 10.6 Å². The standard InChI is InChI=1S/C16H26N2O/c1-16(2,3)12-18(4)15(19)14(17)11-10-13-8-6-5-7-9-13/h5-9,14H,10-12,17H2,1-4H3. The van der Waals surface area contributed by atoms with Gasteiger partial charge in [0.2, 0.25) is 5.91 Å². The van der Waals surface area contributed by atoms with Crippen molar-refractivity contribution >= 4 is 5.91 Å². The molecule has 0 aliphatic heterocycles. The Hall–Kier alpha value is -1.35. The first-order valence-corrected chi connectivity index (χ1v) is 6.84. The van der Waals surface area contributed by atoms with Crippen molar-refractivity contribution < 1.29 is 4.79 Å². The van der Waals surface area contributed by atoms with E-state index in [9.17, 15) is 4.79 Å². The summed E-state index contributed by atoms with van der Waals surface area (Å²) >= 11 is 0. The van der Waals surface area contributed by atoms with E-state index in [1.165, 1.54) is 5.56 Å². The number of rotatable bonds is 5. The normalized spacial score (nSPS) is 13.1. The first kappa shape index (κ1) is 15.7. The predicted molar refractivity (Wildman–Crippen MR) is 79.8 cm³/mol. The summed E-state index contributed by atoms with van der Waals surface area (Å²) in [5, 5.41) is 0. The number of carbonyl (C=O) groups excluding carboxylic acids is 1. The Balaban J connectivity index is 2.44. The minimum Gasteiger partial charge on any atom is -0.344 e. The first-order valence-electron chi connectivity index (χ1n) is 6.84. The molecule has 3 nitrogen and oxygen atoms in total. The van der Waals surface area contributed by atoms with Crippen molar-refractivity contribution in [2.45, 2.75) is 39.7 Å². The molecule has 2 N–H and O–H groups in total. The van der Waals surface area contributed by atoms with Crippen molar-refractivity contribution in [2.24, 2.45) is 11.1 Å². The van der Waals surface area contributed by atoms with Crippen LogP contribution in [0.5, 0.6) is 0 Å². The largest absolute Gasteiger partial charge is 0.344 e. The Morgan fingerprint density at radius 1 is 1.26 bits per heavy atom. The molecule has 3 heteroatoms. The molecular weight excluding hydrogens is 236 g/mol. The summed E-state index contributed by atoms with van der Waals surface area (Å²) in [4.78, 5) is 13.9. The zero-order valence-electron chi connectivity index (χ0n) is 12.5. The van der Waals surface area contributed by atoms with Crippen molar-refractivity contribution in [1.29, 1.82) is 0 Å². The van der Waals surface area contributed by atoms with E-state index in [1.807, 2.05) is 25.2 Å². The Kier molecular flexibility index (Phi) is 5.55. The highest BCUT2D eigenvalue weighted by Gasteiger charge is 2.22. The summed E-state index contributed by atoms with van der Waals surface area (Å²) in [5.74, 6) is 0.0332. The van der Waals surface area contributed by atoms with Crippen molar-refractivity contribution in [1.82, 2.24) is 4.90 Å². The number of hydrogen-bond donors (Lipinski definition) is 1. The van der Waals surface area contributed by atoms with Crippen LogP contribution in [0.3, 0.4) is 0 Å². The predicted octanol–water partition coefficient (Wildman–Crippen LogP) is 2.45. The number of nitrogens with zero attached hydrogens (tertiary/aromatic N) is 1. The average Bonchev–Trinajstić information content (AvgIpc) is 2.34. The summed E-state index contributed by atoms with van der Waals surface area (Å²) in [7, 11) is 1.83. The van der Waals surface area contributed by atoms with E-state index in [1.54, 1.807) is 4.90 Å². The number of likely N-dealkylation sites (N-methyl/N-ethyl adjacent to an activating group) is 1. The van der Waals surface area contributed by atoms with Crippen molar-refractivity contribution in [3.05, 3.63) is 35.9 Å². The summed E-state index contributed by atoms with van der Waals surface area (Å²) in [5.41, 5.74) is 7.32. The number of carbonyl (C=O) groups is 1. The molecule has 1 amide bonds. The lowest BCUT2D eigenvalue weighted by molar-refractivity contribution is -0.132. The van der Waals surface area contributed by atoms with E-state index >= 15 is 0 Å². The molecule has 19 heavy (non-hydrogen) atoms. The van der Waals surface area contributed by atoms with E-state index in [4.69, 9.17) is 5.73 Å². The highest BCUT2D eigenvalue weighted by atomic mass is 16.2. The minimum atomic E-state index is -0.410. The third-order valence-corrected chi connectivity index (χ3v) is 2.99. The second kappa shape index (κ2) is 6.71. The van der Waals surface area contributed by atoms with E-state index in [0.717, 1.165) is 13.0 Å². The van der Waals surface area contributed by atoms with Crippen LogP contribution in [0.1, 0.15) is 32.8 Å². The van der Waals surface area contributed by atoms with Crippen molar-refractivity contribution in [2.75, 3.05) is 13.6 Å². The zero-order valence-corrected chi connectivity index (χ0v) is 12.5. The number of amides is 1. The van der Waals surface area contributed by atoms with E-state index < -0.39 is 6.04 Å². The van der Waals surface area contributed by atoms with Gasteiger partial charge in [-0.25, -0.2) is 0 Å². The second-order valence-electron chi connectivity index (χ2n) is 6.39. The fourth-order valence-electron chi connectivity index (χ4n) is 2.16. The quantitative estimate of drug-likeness (QED) is 0.886. The number of nitrogens with two attached hydrogens (primary N) is 1. The summed E-state index contributed by atoms with van der Waals surface area (Å²) < 4.78 is 0. The molecule has 0 radical (unpaired) electrons. The monoisotopic (exact) mass is 262 g/mol. The summed E-state index contributed by atoms with van der Waals surface area (Å²) in [6, 6.07) is 9.73. The molecule has 0 saturated carbocycles. The lowest BCUT2D eigenvalue weighted by Gasteiger charge is -2.28. The molecule has 0 aliphatic rings. The molecule has 0 heterocycles. The Labute approximate surface area is 116 Å². The SMILES string of the molecule is CN(CC(C)(C)C)C(=O)C(N)CCc1ccccc1. The third kappa shape index (κ3) is 5.88. The van der Waals surface area contributed by atoms with Gasteiger partial charge in [0.25, 0.3) is 0 Å². The molecule has 0 aromatic heterocycles. The van der Waals surface area contributed by atoms with Crippen LogP contribution in [0.15, 0.2) is 30.3 Å². The van der Waals surface area contributed by atoms with Gasteiger partial charge in [0, 0.05) is 13.6 Å². The van der Waals surface area contributed by atoms with Gasteiger partial charge in [-0.05, 0) is 23.8 Å². The molecule has 1 rings (SSSR count). The highest BCUT2D eigenvalue weighted by molar-refractivity contribution is 5.81. The number of hydrogen-bond acceptors (Lipinski definition) is 2. The fraction of sp³-hybridized carbons (Fsp3) is 0.562. The number of benzene rings is 1. The summed E-state index contributed by atoms with van der Waals surface area (Å²) in [6.07, 6.45) is 1.54. The Morgan fingerprint density at radius 3 is 2.37 bits per heavy atom. The lowest BCUT2D eigenvalue weighted by Crippen LogP contribution is -2.44. The topological polar surface area (TPSA) is 46.3 Å². The van der Waals surface area contributed by atoms with Crippen LogP contribution in [-0.2, 0) is 11.2 Å². The molecule has 1 unspecified atom stereocenters. The Bertz CT molecular complexity index is 395. The molecular formula is C16H26N2O. The molecule has 0 bridgehead atoms. The average molecular weight is 262 g/mol. The van der Waals surface area contributed by atoms with Crippen LogP contribution in [0.25, 0.3) is 0 Å². The zero-order chi connectivity index (χ0) is 14.5. The van der Waals surface area contributed by atoms with Crippen LogP contribution in [-0.4, -0.2) is 30.4 Å². The molecule has 106 valence electrons.